The van der Waals surface area contributed by atoms with Gasteiger partial charge in [-0.05, 0) is 19.3 Å². The van der Waals surface area contributed by atoms with Crippen LogP contribution >= 0.6 is 0 Å². The number of aliphatic hydroxyl groups is 3. The molecule has 0 bridgehead atoms. The van der Waals surface area contributed by atoms with Crippen LogP contribution in [0.4, 0.5) is 0 Å². The zero-order valence-electron chi connectivity index (χ0n) is 19.9. The van der Waals surface area contributed by atoms with E-state index in [1.807, 2.05) is 6.08 Å². The standard InChI is InChI=1S/C26H50O5/c1-2-3-4-5-6-7-8-9-10-11-12-13-14-15-16-17-18-19-20-30-24-22-31-26(25(24)29)23(28)21-27/h2,23-29H,1,3-22H2/t23-,24+,25+,26+/m0/s1. The van der Waals surface area contributed by atoms with Crippen molar-refractivity contribution in [1.82, 2.24) is 0 Å². The van der Waals surface area contributed by atoms with Gasteiger partial charge in [0.15, 0.2) is 0 Å². The van der Waals surface area contributed by atoms with Crippen molar-refractivity contribution in [3.8, 4) is 0 Å². The Morgan fingerprint density at radius 1 is 0.806 bits per heavy atom. The Morgan fingerprint density at radius 2 is 1.26 bits per heavy atom. The summed E-state index contributed by atoms with van der Waals surface area (Å²) in [5.41, 5.74) is 0. The van der Waals surface area contributed by atoms with Crippen molar-refractivity contribution in [1.29, 1.82) is 0 Å². The fourth-order valence-electron chi connectivity index (χ4n) is 4.30. The van der Waals surface area contributed by atoms with Crippen LogP contribution in [-0.4, -0.2) is 59.6 Å². The molecular formula is C26H50O5. The highest BCUT2D eigenvalue weighted by atomic mass is 16.6. The number of unbranched alkanes of at least 4 members (excludes halogenated alkanes) is 16. The highest BCUT2D eigenvalue weighted by molar-refractivity contribution is 4.88. The van der Waals surface area contributed by atoms with E-state index in [1.54, 1.807) is 0 Å². The first-order valence-corrected chi connectivity index (χ1v) is 13.0. The lowest BCUT2D eigenvalue weighted by atomic mass is 10.0. The van der Waals surface area contributed by atoms with E-state index in [9.17, 15) is 10.2 Å². The molecule has 1 aliphatic rings. The quantitative estimate of drug-likeness (QED) is 0.157. The van der Waals surface area contributed by atoms with E-state index in [4.69, 9.17) is 14.6 Å². The topological polar surface area (TPSA) is 79.2 Å². The van der Waals surface area contributed by atoms with Gasteiger partial charge in [0.05, 0.1) is 13.2 Å². The van der Waals surface area contributed by atoms with Gasteiger partial charge in [-0.15, -0.1) is 6.58 Å². The van der Waals surface area contributed by atoms with E-state index < -0.39 is 31.0 Å². The predicted octanol–water partition coefficient (Wildman–Crippen LogP) is 5.30. The lowest BCUT2D eigenvalue weighted by Crippen LogP contribution is -2.41. The largest absolute Gasteiger partial charge is 0.394 e. The predicted molar refractivity (Wildman–Crippen MR) is 127 cm³/mol. The molecule has 3 N–H and O–H groups in total. The van der Waals surface area contributed by atoms with Crippen molar-refractivity contribution in [2.24, 2.45) is 0 Å². The summed E-state index contributed by atoms with van der Waals surface area (Å²) in [6, 6.07) is 0. The Kier molecular flexibility index (Phi) is 18.6. The third kappa shape index (κ3) is 14.3. The van der Waals surface area contributed by atoms with Gasteiger partial charge in [-0.3, -0.25) is 0 Å². The summed E-state index contributed by atoms with van der Waals surface area (Å²) in [4.78, 5) is 0. The van der Waals surface area contributed by atoms with E-state index in [2.05, 4.69) is 6.58 Å². The van der Waals surface area contributed by atoms with Gasteiger partial charge in [0.2, 0.25) is 0 Å². The molecule has 1 rings (SSSR count). The maximum Gasteiger partial charge on any atom is 0.114 e. The van der Waals surface area contributed by atoms with Gasteiger partial charge in [-0.1, -0.05) is 96.0 Å². The van der Waals surface area contributed by atoms with Crippen molar-refractivity contribution in [3.63, 3.8) is 0 Å². The molecule has 0 aromatic carbocycles. The van der Waals surface area contributed by atoms with E-state index in [-0.39, 0.29) is 6.61 Å². The first-order chi connectivity index (χ1) is 15.2. The molecule has 184 valence electrons. The van der Waals surface area contributed by atoms with Crippen LogP contribution in [0.3, 0.4) is 0 Å². The molecule has 1 heterocycles. The van der Waals surface area contributed by atoms with Crippen LogP contribution in [0.25, 0.3) is 0 Å². The molecule has 0 aliphatic carbocycles. The minimum Gasteiger partial charge on any atom is -0.394 e. The molecule has 5 heteroatoms. The molecule has 0 aromatic rings. The fourth-order valence-corrected chi connectivity index (χ4v) is 4.30. The summed E-state index contributed by atoms with van der Waals surface area (Å²) in [5.74, 6) is 0. The number of aliphatic hydroxyl groups excluding tert-OH is 3. The molecule has 1 saturated heterocycles. The van der Waals surface area contributed by atoms with E-state index in [0.29, 0.717) is 6.61 Å². The van der Waals surface area contributed by atoms with Crippen molar-refractivity contribution < 1.29 is 24.8 Å². The van der Waals surface area contributed by atoms with Crippen LogP contribution in [0.1, 0.15) is 109 Å². The van der Waals surface area contributed by atoms with Crippen molar-refractivity contribution >= 4 is 0 Å². The highest BCUT2D eigenvalue weighted by Crippen LogP contribution is 2.21. The van der Waals surface area contributed by atoms with E-state index in [0.717, 1.165) is 12.8 Å². The molecule has 0 spiro atoms. The van der Waals surface area contributed by atoms with Crippen LogP contribution in [0.15, 0.2) is 12.7 Å². The second-order valence-corrected chi connectivity index (χ2v) is 9.18. The fraction of sp³-hybridized carbons (Fsp3) is 0.923. The van der Waals surface area contributed by atoms with Crippen LogP contribution in [0, 0.1) is 0 Å². The zero-order valence-corrected chi connectivity index (χ0v) is 19.9. The smallest absolute Gasteiger partial charge is 0.114 e. The molecular weight excluding hydrogens is 392 g/mol. The number of hydrogen-bond acceptors (Lipinski definition) is 5. The summed E-state index contributed by atoms with van der Waals surface area (Å²) in [6.07, 6.45) is 21.4. The Balaban J connectivity index is 1.76. The molecule has 0 radical (unpaired) electrons. The van der Waals surface area contributed by atoms with Crippen LogP contribution < -0.4 is 0 Å². The summed E-state index contributed by atoms with van der Waals surface area (Å²) in [7, 11) is 0. The number of allylic oxidation sites excluding steroid dienone is 1. The van der Waals surface area contributed by atoms with Crippen molar-refractivity contribution in [3.05, 3.63) is 12.7 Å². The van der Waals surface area contributed by atoms with Gasteiger partial charge in [-0.2, -0.15) is 0 Å². The zero-order chi connectivity index (χ0) is 22.6. The van der Waals surface area contributed by atoms with Gasteiger partial charge in [0.25, 0.3) is 0 Å². The summed E-state index contributed by atoms with van der Waals surface area (Å²) < 4.78 is 11.0. The number of rotatable bonds is 22. The normalized spacial score (nSPS) is 22.1. The van der Waals surface area contributed by atoms with E-state index in [1.165, 1.54) is 96.3 Å². The lowest BCUT2D eigenvalue weighted by molar-refractivity contribution is -0.0730. The summed E-state index contributed by atoms with van der Waals surface area (Å²) in [6.45, 7) is 4.25. The van der Waals surface area contributed by atoms with Crippen LogP contribution in [0.5, 0.6) is 0 Å². The minimum atomic E-state index is -1.05. The first kappa shape index (κ1) is 28.6. The molecule has 4 atom stereocenters. The van der Waals surface area contributed by atoms with Gasteiger partial charge in [0.1, 0.15) is 24.4 Å². The molecule has 1 aliphatic heterocycles. The maximum absolute atomic E-state index is 10.1. The molecule has 1 fully saturated rings. The van der Waals surface area contributed by atoms with Crippen LogP contribution in [0.2, 0.25) is 0 Å². The average Bonchev–Trinajstić information content (AvgIpc) is 3.15. The molecule has 0 saturated carbocycles. The van der Waals surface area contributed by atoms with E-state index >= 15 is 0 Å². The van der Waals surface area contributed by atoms with Gasteiger partial charge < -0.3 is 24.8 Å². The summed E-state index contributed by atoms with van der Waals surface area (Å²) in [5, 5.41) is 28.6. The molecule has 0 aromatic heterocycles. The van der Waals surface area contributed by atoms with Gasteiger partial charge in [-0.25, -0.2) is 0 Å². The Labute approximate surface area is 191 Å². The highest BCUT2D eigenvalue weighted by Gasteiger charge is 2.40. The first-order valence-electron chi connectivity index (χ1n) is 13.0. The Morgan fingerprint density at radius 3 is 1.71 bits per heavy atom. The van der Waals surface area contributed by atoms with Gasteiger partial charge >= 0.3 is 0 Å². The van der Waals surface area contributed by atoms with Crippen LogP contribution in [-0.2, 0) is 9.47 Å². The third-order valence-corrected chi connectivity index (χ3v) is 6.37. The lowest BCUT2D eigenvalue weighted by Gasteiger charge is -2.20. The Bertz CT molecular complexity index is 403. The summed E-state index contributed by atoms with van der Waals surface area (Å²) >= 11 is 0. The molecule has 0 unspecified atom stereocenters. The second kappa shape index (κ2) is 20.2. The van der Waals surface area contributed by atoms with Crippen molar-refractivity contribution in [2.75, 3.05) is 19.8 Å². The molecule has 0 amide bonds. The minimum absolute atomic E-state index is 0.277. The molecule has 31 heavy (non-hydrogen) atoms. The molecule has 5 nitrogen and oxygen atoms in total. The maximum atomic E-state index is 10.1. The third-order valence-electron chi connectivity index (χ3n) is 6.37. The number of ether oxygens (including phenoxy) is 2. The average molecular weight is 443 g/mol. The van der Waals surface area contributed by atoms with Gasteiger partial charge in [0, 0.05) is 6.61 Å². The van der Waals surface area contributed by atoms with Crippen molar-refractivity contribution in [2.45, 2.75) is 134 Å². The Hall–Kier alpha value is -0.460. The second-order valence-electron chi connectivity index (χ2n) is 9.18. The number of hydrogen-bond donors (Lipinski definition) is 3. The SMILES string of the molecule is C=CCCCCCCCCCCCCCCCCCCO[C@@H]1CO[C@H]([C@@H](O)CO)[C@@H]1O. The monoisotopic (exact) mass is 442 g/mol.